The van der Waals surface area contributed by atoms with Crippen molar-refractivity contribution in [3.05, 3.63) is 106 Å². The van der Waals surface area contributed by atoms with Crippen molar-refractivity contribution in [1.29, 1.82) is 0 Å². The first-order chi connectivity index (χ1) is 15.4. The Bertz CT molecular complexity index is 1210. The number of aryl methyl sites for hydroxylation is 2. The summed E-state index contributed by atoms with van der Waals surface area (Å²) in [7, 11) is 0. The predicted molar refractivity (Wildman–Crippen MR) is 131 cm³/mol. The first-order valence-corrected chi connectivity index (χ1v) is 11.2. The van der Waals surface area contributed by atoms with Crippen LogP contribution < -0.4 is 4.74 Å². The minimum Gasteiger partial charge on any atom is -0.478 e. The van der Waals surface area contributed by atoms with E-state index in [9.17, 15) is 9.90 Å². The fraction of sp³-hybridized carbons (Fsp3) is 0.148. The zero-order valence-electron chi connectivity index (χ0n) is 18.0. The van der Waals surface area contributed by atoms with E-state index in [0.717, 1.165) is 32.7 Å². The number of rotatable bonds is 7. The average molecular weight is 490 g/mol. The zero-order valence-corrected chi connectivity index (χ0v) is 19.5. The number of ether oxygens (including phenoxy) is 1. The molecule has 32 heavy (non-hydrogen) atoms. The lowest BCUT2D eigenvalue weighted by atomic mass is 10.1. The molecule has 0 aliphatic carbocycles. The lowest BCUT2D eigenvalue weighted by Gasteiger charge is -2.17. The first kappa shape index (κ1) is 21.9. The van der Waals surface area contributed by atoms with Gasteiger partial charge in [-0.25, -0.2) is 4.79 Å². The number of nitrogens with zero attached hydrogens (tertiary/aromatic N) is 1. The Kier molecular flexibility index (Phi) is 6.47. The monoisotopic (exact) mass is 489 g/mol. The Balaban J connectivity index is 1.60. The summed E-state index contributed by atoms with van der Waals surface area (Å²) in [5, 5.41) is 9.62. The van der Waals surface area contributed by atoms with Crippen LogP contribution in [0, 0.1) is 13.8 Å². The van der Waals surface area contributed by atoms with Crippen molar-refractivity contribution in [2.45, 2.75) is 26.4 Å². The van der Waals surface area contributed by atoms with Gasteiger partial charge in [0.15, 0.2) is 6.10 Å². The minimum atomic E-state index is -0.978. The molecular weight excluding hydrogens is 466 g/mol. The largest absolute Gasteiger partial charge is 0.478 e. The van der Waals surface area contributed by atoms with E-state index >= 15 is 0 Å². The third-order valence-electron chi connectivity index (χ3n) is 5.41. The van der Waals surface area contributed by atoms with Crippen LogP contribution >= 0.6 is 15.9 Å². The van der Waals surface area contributed by atoms with Crippen LogP contribution in [0.5, 0.6) is 5.75 Å². The van der Waals surface area contributed by atoms with E-state index in [2.05, 4.69) is 52.5 Å². The molecule has 3 aromatic carbocycles. The average Bonchev–Trinajstić information content (AvgIpc) is 3.08. The van der Waals surface area contributed by atoms with Gasteiger partial charge in [0.05, 0.1) is 5.69 Å². The summed E-state index contributed by atoms with van der Waals surface area (Å²) in [4.78, 5) is 11.7. The van der Waals surface area contributed by atoms with E-state index in [1.54, 1.807) is 0 Å². The number of benzene rings is 3. The number of carboxylic acid groups (broad SMARTS) is 1. The standard InChI is InChI=1S/C27H24BrNO3/c1-18-16-19(2)29(23-12-10-22(28)11-13-23)26(18)21-8-14-24(15-9-21)32-25(27(30)31)17-20-6-4-3-5-7-20/h3-16,25H,17H2,1-2H3,(H,30,31)/t25-/m1/s1. The third kappa shape index (κ3) is 4.78. The van der Waals surface area contributed by atoms with E-state index in [-0.39, 0.29) is 0 Å². The van der Waals surface area contributed by atoms with Gasteiger partial charge < -0.3 is 14.4 Å². The van der Waals surface area contributed by atoms with Gasteiger partial charge in [0, 0.05) is 22.3 Å². The number of aliphatic carboxylic acids is 1. The molecule has 1 N–H and O–H groups in total. The van der Waals surface area contributed by atoms with Crippen molar-refractivity contribution < 1.29 is 14.6 Å². The molecule has 0 saturated heterocycles. The van der Waals surface area contributed by atoms with Crippen LogP contribution in [0.15, 0.2) is 89.4 Å². The molecule has 5 heteroatoms. The summed E-state index contributed by atoms with van der Waals surface area (Å²) in [6, 6.07) is 27.5. The second-order valence-corrected chi connectivity index (χ2v) is 8.70. The van der Waals surface area contributed by atoms with Crippen molar-refractivity contribution in [3.63, 3.8) is 0 Å². The molecule has 1 heterocycles. The Morgan fingerprint density at radius 2 is 1.62 bits per heavy atom. The minimum absolute atomic E-state index is 0.308. The maximum absolute atomic E-state index is 11.7. The molecule has 1 aromatic heterocycles. The number of carboxylic acids is 1. The fourth-order valence-corrected chi connectivity index (χ4v) is 4.21. The molecule has 0 spiro atoms. The van der Waals surface area contributed by atoms with Crippen molar-refractivity contribution in [1.82, 2.24) is 4.57 Å². The highest BCUT2D eigenvalue weighted by molar-refractivity contribution is 9.10. The highest BCUT2D eigenvalue weighted by atomic mass is 79.9. The number of hydrogen-bond donors (Lipinski definition) is 1. The van der Waals surface area contributed by atoms with Gasteiger partial charge in [-0.3, -0.25) is 0 Å². The number of aromatic nitrogens is 1. The Hall–Kier alpha value is -3.31. The van der Waals surface area contributed by atoms with E-state index in [4.69, 9.17) is 4.74 Å². The molecule has 0 aliphatic heterocycles. The Morgan fingerprint density at radius 1 is 0.969 bits per heavy atom. The van der Waals surface area contributed by atoms with Crippen molar-refractivity contribution in [2.24, 2.45) is 0 Å². The van der Waals surface area contributed by atoms with Crippen LogP contribution in [0.25, 0.3) is 16.9 Å². The number of carbonyl (C=O) groups is 1. The maximum atomic E-state index is 11.7. The Labute approximate surface area is 196 Å². The molecular formula is C27H24BrNO3. The molecule has 1 atom stereocenters. The molecule has 0 unspecified atom stereocenters. The summed E-state index contributed by atoms with van der Waals surface area (Å²) >= 11 is 3.50. The van der Waals surface area contributed by atoms with Gasteiger partial charge in [0.2, 0.25) is 0 Å². The molecule has 0 bridgehead atoms. The SMILES string of the molecule is Cc1cc(C)n(-c2ccc(Br)cc2)c1-c1ccc(O[C@H](Cc2ccccc2)C(=O)O)cc1. The summed E-state index contributed by atoms with van der Waals surface area (Å²) in [6.07, 6.45) is -0.637. The Morgan fingerprint density at radius 3 is 2.25 bits per heavy atom. The van der Waals surface area contributed by atoms with Crippen LogP contribution in [0.3, 0.4) is 0 Å². The summed E-state index contributed by atoms with van der Waals surface area (Å²) in [5.74, 6) is -0.443. The van der Waals surface area contributed by atoms with Crippen LogP contribution in [-0.4, -0.2) is 21.7 Å². The number of hydrogen-bond acceptors (Lipinski definition) is 2. The second-order valence-electron chi connectivity index (χ2n) is 7.79. The molecule has 4 rings (SSSR count). The molecule has 162 valence electrons. The van der Waals surface area contributed by atoms with Gasteiger partial charge in [-0.1, -0.05) is 46.3 Å². The van der Waals surface area contributed by atoms with Gasteiger partial charge in [-0.15, -0.1) is 0 Å². The van der Waals surface area contributed by atoms with Crippen LogP contribution in [-0.2, 0) is 11.2 Å². The van der Waals surface area contributed by atoms with E-state index < -0.39 is 12.1 Å². The normalized spacial score (nSPS) is 11.8. The maximum Gasteiger partial charge on any atom is 0.345 e. The molecule has 0 aliphatic rings. The van der Waals surface area contributed by atoms with Crippen molar-refractivity contribution in [3.8, 4) is 22.7 Å². The van der Waals surface area contributed by atoms with Crippen LogP contribution in [0.2, 0.25) is 0 Å². The molecule has 0 radical (unpaired) electrons. The second kappa shape index (κ2) is 9.45. The van der Waals surface area contributed by atoms with Gasteiger partial charge in [0.1, 0.15) is 5.75 Å². The van der Waals surface area contributed by atoms with Gasteiger partial charge >= 0.3 is 5.97 Å². The van der Waals surface area contributed by atoms with Gasteiger partial charge in [-0.05, 0) is 85.1 Å². The molecule has 0 saturated carbocycles. The van der Waals surface area contributed by atoms with Crippen molar-refractivity contribution >= 4 is 21.9 Å². The highest BCUT2D eigenvalue weighted by Gasteiger charge is 2.20. The van der Waals surface area contributed by atoms with Gasteiger partial charge in [0.25, 0.3) is 0 Å². The first-order valence-electron chi connectivity index (χ1n) is 10.4. The highest BCUT2D eigenvalue weighted by Crippen LogP contribution is 2.32. The number of halogens is 1. The lowest BCUT2D eigenvalue weighted by Crippen LogP contribution is -2.29. The fourth-order valence-electron chi connectivity index (χ4n) is 3.94. The van der Waals surface area contributed by atoms with Crippen molar-refractivity contribution in [2.75, 3.05) is 0 Å². The van der Waals surface area contributed by atoms with Crippen LogP contribution in [0.4, 0.5) is 0 Å². The molecule has 4 aromatic rings. The topological polar surface area (TPSA) is 51.5 Å². The molecule has 4 nitrogen and oxygen atoms in total. The van der Waals surface area contributed by atoms with E-state index in [1.807, 2.05) is 66.7 Å². The zero-order chi connectivity index (χ0) is 22.7. The van der Waals surface area contributed by atoms with E-state index in [0.29, 0.717) is 12.2 Å². The lowest BCUT2D eigenvalue weighted by molar-refractivity contribution is -0.145. The smallest absolute Gasteiger partial charge is 0.345 e. The third-order valence-corrected chi connectivity index (χ3v) is 5.93. The van der Waals surface area contributed by atoms with Crippen LogP contribution in [0.1, 0.15) is 16.8 Å². The quantitative estimate of drug-likeness (QED) is 0.318. The summed E-state index contributed by atoms with van der Waals surface area (Å²) in [5.41, 5.74) is 6.48. The summed E-state index contributed by atoms with van der Waals surface area (Å²) in [6.45, 7) is 4.19. The van der Waals surface area contributed by atoms with E-state index in [1.165, 1.54) is 5.56 Å². The predicted octanol–water partition coefficient (Wildman–Crippen LogP) is 6.60. The molecule has 0 amide bonds. The summed E-state index contributed by atoms with van der Waals surface area (Å²) < 4.78 is 9.09. The molecule has 0 fully saturated rings. The van der Waals surface area contributed by atoms with Gasteiger partial charge in [-0.2, -0.15) is 0 Å².